The monoisotopic (exact) mass is 525 g/mol. The highest BCUT2D eigenvalue weighted by Gasteiger charge is 2.38. The summed E-state index contributed by atoms with van der Waals surface area (Å²) < 4.78 is 18.6. The lowest BCUT2D eigenvalue weighted by Crippen LogP contribution is -2.45. The van der Waals surface area contributed by atoms with Crippen LogP contribution in [-0.2, 0) is 22.4 Å². The number of rotatable bonds is 8. The standard InChI is InChI=1S/C29H35NO6S/c1-7-29(15-34-21-10-8-20(9-11-21)14-23-26(31)30-28(33)37-23)13-12-22-19(6)24(35-27(32)16(2)3)17(4)18(5)25(22)36-29/h8-11,16,23H,7,12-15H2,1-6H3,(H,30,31,33). The number of hydrogen-bond donors (Lipinski definition) is 1. The molecule has 2 heterocycles. The summed E-state index contributed by atoms with van der Waals surface area (Å²) in [5.74, 6) is 1.58. The van der Waals surface area contributed by atoms with Crippen LogP contribution < -0.4 is 19.5 Å². The molecule has 0 aliphatic carbocycles. The van der Waals surface area contributed by atoms with Crippen molar-refractivity contribution in [3.8, 4) is 17.2 Å². The Bertz CT molecular complexity index is 1220. The molecule has 37 heavy (non-hydrogen) atoms. The third-order valence-electron chi connectivity index (χ3n) is 7.39. The van der Waals surface area contributed by atoms with E-state index < -0.39 is 5.60 Å². The third-order valence-corrected chi connectivity index (χ3v) is 8.37. The van der Waals surface area contributed by atoms with E-state index in [1.807, 2.05) is 58.9 Å². The van der Waals surface area contributed by atoms with Gasteiger partial charge in [0.05, 0.1) is 11.2 Å². The quantitative estimate of drug-likeness (QED) is 0.353. The first-order valence-electron chi connectivity index (χ1n) is 12.8. The number of fused-ring (bicyclic) bond motifs is 1. The van der Waals surface area contributed by atoms with Crippen molar-refractivity contribution in [3.05, 3.63) is 52.1 Å². The highest BCUT2D eigenvalue weighted by atomic mass is 32.2. The molecule has 4 rings (SSSR count). The molecule has 2 aromatic carbocycles. The minimum Gasteiger partial charge on any atom is -0.489 e. The number of thioether (sulfide) groups is 1. The van der Waals surface area contributed by atoms with Crippen molar-refractivity contribution in [1.82, 2.24) is 5.32 Å². The Morgan fingerprint density at radius 3 is 2.43 bits per heavy atom. The molecule has 8 heteroatoms. The van der Waals surface area contributed by atoms with Crippen LogP contribution in [0.15, 0.2) is 24.3 Å². The Labute approximate surface area is 222 Å². The van der Waals surface area contributed by atoms with Gasteiger partial charge in [0, 0.05) is 5.56 Å². The van der Waals surface area contributed by atoms with Crippen LogP contribution in [0.25, 0.3) is 0 Å². The zero-order valence-corrected chi connectivity index (χ0v) is 23.2. The summed E-state index contributed by atoms with van der Waals surface area (Å²) in [5, 5.41) is 1.65. The van der Waals surface area contributed by atoms with E-state index in [-0.39, 0.29) is 28.3 Å². The average Bonchev–Trinajstić information content (AvgIpc) is 3.20. The van der Waals surface area contributed by atoms with E-state index in [9.17, 15) is 14.4 Å². The number of ether oxygens (including phenoxy) is 3. The smallest absolute Gasteiger partial charge is 0.313 e. The molecule has 2 aliphatic rings. The van der Waals surface area contributed by atoms with Crippen molar-refractivity contribution >= 4 is 28.9 Å². The SMILES string of the molecule is CCC1(COc2ccc(CC3SC(=O)NC3=O)cc2)CCc2c(C)c(OC(=O)C(C)C)c(C)c(C)c2O1. The zero-order chi connectivity index (χ0) is 26.9. The summed E-state index contributed by atoms with van der Waals surface area (Å²) in [6, 6.07) is 7.64. The lowest BCUT2D eigenvalue weighted by Gasteiger charge is -2.39. The third kappa shape index (κ3) is 5.64. The van der Waals surface area contributed by atoms with Gasteiger partial charge in [0.2, 0.25) is 5.91 Å². The molecule has 7 nitrogen and oxygen atoms in total. The minimum absolute atomic E-state index is 0.198. The summed E-state index contributed by atoms with van der Waals surface area (Å²) in [6.07, 6.45) is 2.88. The number of nitrogens with one attached hydrogen (secondary N) is 1. The average molecular weight is 526 g/mol. The number of hydrogen-bond acceptors (Lipinski definition) is 7. The van der Waals surface area contributed by atoms with Crippen molar-refractivity contribution < 1.29 is 28.6 Å². The Hall–Kier alpha value is -3.00. The Morgan fingerprint density at radius 2 is 1.84 bits per heavy atom. The number of imide groups is 1. The van der Waals surface area contributed by atoms with Crippen LogP contribution in [0.2, 0.25) is 0 Å². The predicted octanol–water partition coefficient (Wildman–Crippen LogP) is 5.62. The molecule has 198 valence electrons. The molecule has 0 radical (unpaired) electrons. The van der Waals surface area contributed by atoms with Crippen molar-refractivity contribution in [1.29, 1.82) is 0 Å². The van der Waals surface area contributed by atoms with Gasteiger partial charge < -0.3 is 14.2 Å². The number of esters is 1. The second-order valence-corrected chi connectivity index (χ2v) is 11.4. The molecule has 2 aromatic rings. The van der Waals surface area contributed by atoms with Gasteiger partial charge in [-0.25, -0.2) is 0 Å². The lowest BCUT2D eigenvalue weighted by molar-refractivity contribution is -0.137. The van der Waals surface area contributed by atoms with Gasteiger partial charge in [-0.1, -0.05) is 44.7 Å². The van der Waals surface area contributed by atoms with Crippen molar-refractivity contribution in [2.45, 2.75) is 78.1 Å². The second-order valence-electron chi connectivity index (χ2n) is 10.2. The van der Waals surface area contributed by atoms with Gasteiger partial charge in [0.15, 0.2) is 0 Å². The van der Waals surface area contributed by atoms with Crippen LogP contribution in [0, 0.1) is 26.7 Å². The Morgan fingerprint density at radius 1 is 1.14 bits per heavy atom. The van der Waals surface area contributed by atoms with Crippen molar-refractivity contribution in [2.75, 3.05) is 6.61 Å². The summed E-state index contributed by atoms with van der Waals surface area (Å²) >= 11 is 1.03. The molecule has 2 atom stereocenters. The molecule has 0 spiro atoms. The molecule has 2 unspecified atom stereocenters. The Kier molecular flexibility index (Phi) is 7.88. The fourth-order valence-corrected chi connectivity index (χ4v) is 5.58. The number of carbonyl (C=O) groups is 3. The van der Waals surface area contributed by atoms with Crippen LogP contribution in [0.1, 0.15) is 61.4 Å². The van der Waals surface area contributed by atoms with Crippen LogP contribution in [0.5, 0.6) is 17.2 Å². The molecule has 2 amide bonds. The molecule has 1 fully saturated rings. The molecular formula is C29H35NO6S. The minimum atomic E-state index is -0.468. The highest BCUT2D eigenvalue weighted by molar-refractivity contribution is 8.15. The van der Waals surface area contributed by atoms with Crippen LogP contribution >= 0.6 is 11.8 Å². The van der Waals surface area contributed by atoms with Gasteiger partial charge in [-0.05, 0) is 80.8 Å². The number of amides is 2. The van der Waals surface area contributed by atoms with Gasteiger partial charge in [-0.2, -0.15) is 0 Å². The normalized spacial score (nSPS) is 20.9. The van der Waals surface area contributed by atoms with E-state index in [1.54, 1.807) is 0 Å². The lowest BCUT2D eigenvalue weighted by atomic mass is 9.85. The van der Waals surface area contributed by atoms with Gasteiger partial charge in [-0.15, -0.1) is 0 Å². The maximum Gasteiger partial charge on any atom is 0.313 e. The van der Waals surface area contributed by atoms with E-state index in [0.717, 1.165) is 70.3 Å². The van der Waals surface area contributed by atoms with E-state index >= 15 is 0 Å². The fourth-order valence-electron chi connectivity index (χ4n) is 4.72. The highest BCUT2D eigenvalue weighted by Crippen LogP contribution is 2.45. The van der Waals surface area contributed by atoms with Gasteiger partial charge in [0.25, 0.3) is 5.24 Å². The van der Waals surface area contributed by atoms with Crippen molar-refractivity contribution in [3.63, 3.8) is 0 Å². The van der Waals surface area contributed by atoms with E-state index in [0.29, 0.717) is 18.8 Å². The first-order chi connectivity index (χ1) is 17.5. The van der Waals surface area contributed by atoms with Gasteiger partial charge in [0.1, 0.15) is 29.5 Å². The fraction of sp³-hybridized carbons (Fsp3) is 0.483. The molecule has 0 saturated carbocycles. The van der Waals surface area contributed by atoms with Gasteiger partial charge in [-0.3, -0.25) is 19.7 Å². The maximum atomic E-state index is 12.3. The van der Waals surface area contributed by atoms with Crippen LogP contribution in [0.3, 0.4) is 0 Å². The maximum absolute atomic E-state index is 12.3. The second kappa shape index (κ2) is 10.8. The van der Waals surface area contributed by atoms with Crippen molar-refractivity contribution in [2.24, 2.45) is 5.92 Å². The Balaban J connectivity index is 1.46. The zero-order valence-electron chi connectivity index (χ0n) is 22.4. The predicted molar refractivity (Wildman–Crippen MR) is 144 cm³/mol. The molecule has 0 aromatic heterocycles. The first-order valence-corrected chi connectivity index (χ1v) is 13.7. The van der Waals surface area contributed by atoms with Crippen LogP contribution in [0.4, 0.5) is 4.79 Å². The van der Waals surface area contributed by atoms with E-state index in [2.05, 4.69) is 12.2 Å². The summed E-state index contributed by atoms with van der Waals surface area (Å²) in [6.45, 7) is 12.2. The molecule has 2 aliphatic heterocycles. The topological polar surface area (TPSA) is 90.9 Å². The molecule has 1 saturated heterocycles. The van der Waals surface area contributed by atoms with E-state index in [1.165, 1.54) is 0 Å². The summed E-state index contributed by atoms with van der Waals surface area (Å²) in [4.78, 5) is 35.5. The number of carbonyl (C=O) groups excluding carboxylic acids is 3. The largest absolute Gasteiger partial charge is 0.489 e. The molecule has 0 bridgehead atoms. The molecular weight excluding hydrogens is 490 g/mol. The van der Waals surface area contributed by atoms with E-state index in [4.69, 9.17) is 14.2 Å². The summed E-state index contributed by atoms with van der Waals surface area (Å²) in [5.41, 5.74) is 4.47. The van der Waals surface area contributed by atoms with Crippen LogP contribution in [-0.4, -0.2) is 34.6 Å². The number of benzene rings is 2. The molecule has 1 N–H and O–H groups in total. The summed E-state index contributed by atoms with van der Waals surface area (Å²) in [7, 11) is 0. The van der Waals surface area contributed by atoms with Gasteiger partial charge >= 0.3 is 5.97 Å². The first kappa shape index (κ1) is 27.0.